The number of carbonyl (C=O) groups is 1. The van der Waals surface area contributed by atoms with Crippen molar-refractivity contribution in [2.45, 2.75) is 55.6 Å². The van der Waals surface area contributed by atoms with E-state index in [0.29, 0.717) is 12.5 Å². The first-order valence-corrected chi connectivity index (χ1v) is 12.8. The highest BCUT2D eigenvalue weighted by molar-refractivity contribution is 7.98. The van der Waals surface area contributed by atoms with E-state index in [9.17, 15) is 9.90 Å². The van der Waals surface area contributed by atoms with Crippen molar-refractivity contribution in [3.05, 3.63) is 58.1 Å². The van der Waals surface area contributed by atoms with Gasteiger partial charge in [0.25, 0.3) is 0 Å². The molecule has 0 bridgehead atoms. The number of likely N-dealkylation sites (tertiary alicyclic amines) is 1. The molecular formula is C26H32ClNO3S. The Labute approximate surface area is 200 Å². The molecule has 1 N–H and O–H groups in total. The number of fused-ring (bicyclic) bond motifs is 2. The predicted molar refractivity (Wildman–Crippen MR) is 131 cm³/mol. The first-order valence-electron chi connectivity index (χ1n) is 11.4. The molecule has 2 aliphatic heterocycles. The Hall–Kier alpha value is -1.69. The lowest BCUT2D eigenvalue weighted by Gasteiger charge is -2.39. The molecular weight excluding hydrogens is 442 g/mol. The van der Waals surface area contributed by atoms with E-state index in [4.69, 9.17) is 16.3 Å². The van der Waals surface area contributed by atoms with Crippen LogP contribution in [-0.4, -0.2) is 42.2 Å². The van der Waals surface area contributed by atoms with Gasteiger partial charge in [0.15, 0.2) is 0 Å². The number of thioether (sulfide) groups is 1. The monoisotopic (exact) mass is 473 g/mol. The molecule has 4 rings (SSSR count). The molecule has 1 unspecified atom stereocenters. The van der Waals surface area contributed by atoms with E-state index in [2.05, 4.69) is 43.0 Å². The predicted octanol–water partition coefficient (Wildman–Crippen LogP) is 6.20. The van der Waals surface area contributed by atoms with Crippen LogP contribution in [0.5, 0.6) is 5.75 Å². The Morgan fingerprint density at radius 1 is 1.22 bits per heavy atom. The average Bonchev–Trinajstić information content (AvgIpc) is 3.11. The number of benzene rings is 2. The summed E-state index contributed by atoms with van der Waals surface area (Å²) in [5.41, 5.74) is 3.91. The van der Waals surface area contributed by atoms with Gasteiger partial charge in [-0.05, 0) is 61.2 Å². The zero-order valence-corrected chi connectivity index (χ0v) is 20.6. The van der Waals surface area contributed by atoms with Gasteiger partial charge in [-0.1, -0.05) is 50.6 Å². The molecule has 2 aromatic carbocycles. The Balaban J connectivity index is 1.42. The van der Waals surface area contributed by atoms with Crippen molar-refractivity contribution in [1.29, 1.82) is 0 Å². The SMILES string of the molecule is CC(CN1CCC2(CC1)COc1cc(SCc3c(Cl)cccc3C(C)C)ccc12)C(=O)O. The van der Waals surface area contributed by atoms with Crippen LogP contribution in [0, 0.1) is 5.92 Å². The van der Waals surface area contributed by atoms with Crippen LogP contribution in [0.4, 0.5) is 0 Å². The standard InChI is InChI=1S/C26H32ClNO3S/c1-17(2)20-5-4-6-23(27)21(20)15-32-19-7-8-22-24(13-19)31-16-26(22)9-11-28(12-10-26)14-18(3)25(29)30/h4-8,13,17-18H,9-12,14-16H2,1-3H3,(H,29,30). The highest BCUT2D eigenvalue weighted by Crippen LogP contribution is 2.47. The molecule has 172 valence electrons. The van der Waals surface area contributed by atoms with E-state index >= 15 is 0 Å². The largest absolute Gasteiger partial charge is 0.492 e. The first-order chi connectivity index (χ1) is 15.3. The van der Waals surface area contributed by atoms with Gasteiger partial charge in [-0.2, -0.15) is 0 Å². The highest BCUT2D eigenvalue weighted by atomic mass is 35.5. The number of carboxylic acid groups (broad SMARTS) is 1. The van der Waals surface area contributed by atoms with Gasteiger partial charge in [-0.15, -0.1) is 11.8 Å². The topological polar surface area (TPSA) is 49.8 Å². The van der Waals surface area contributed by atoms with Crippen LogP contribution in [0.15, 0.2) is 41.3 Å². The summed E-state index contributed by atoms with van der Waals surface area (Å²) in [7, 11) is 0. The number of hydrogen-bond acceptors (Lipinski definition) is 4. The quantitative estimate of drug-likeness (QED) is 0.485. The third-order valence-corrected chi connectivity index (χ3v) is 8.33. The van der Waals surface area contributed by atoms with Crippen molar-refractivity contribution in [1.82, 2.24) is 4.90 Å². The molecule has 6 heteroatoms. The Bertz CT molecular complexity index is 985. The fourth-order valence-corrected chi connectivity index (χ4v) is 6.23. The molecule has 1 saturated heterocycles. The average molecular weight is 474 g/mol. The summed E-state index contributed by atoms with van der Waals surface area (Å²) in [6.07, 6.45) is 2.02. The van der Waals surface area contributed by atoms with Crippen molar-refractivity contribution in [2.24, 2.45) is 5.92 Å². The van der Waals surface area contributed by atoms with E-state index in [1.54, 1.807) is 18.7 Å². The van der Waals surface area contributed by atoms with Gasteiger partial charge in [0, 0.05) is 33.2 Å². The molecule has 2 aromatic rings. The van der Waals surface area contributed by atoms with Crippen LogP contribution < -0.4 is 4.74 Å². The van der Waals surface area contributed by atoms with E-state index in [1.807, 2.05) is 12.1 Å². The number of halogens is 1. The highest BCUT2D eigenvalue weighted by Gasteiger charge is 2.43. The van der Waals surface area contributed by atoms with E-state index in [-0.39, 0.29) is 11.3 Å². The maximum Gasteiger partial charge on any atom is 0.307 e. The lowest BCUT2D eigenvalue weighted by atomic mass is 9.74. The number of aliphatic carboxylic acids is 1. The Morgan fingerprint density at radius 2 is 1.97 bits per heavy atom. The van der Waals surface area contributed by atoms with E-state index < -0.39 is 5.97 Å². The lowest BCUT2D eigenvalue weighted by molar-refractivity contribution is -0.141. The second kappa shape index (κ2) is 9.66. The van der Waals surface area contributed by atoms with Crippen molar-refractivity contribution in [2.75, 3.05) is 26.2 Å². The second-order valence-corrected chi connectivity index (χ2v) is 11.0. The van der Waals surface area contributed by atoms with Crippen LogP contribution in [0.25, 0.3) is 0 Å². The third-order valence-electron chi connectivity index (χ3n) is 6.96. The van der Waals surface area contributed by atoms with Crippen molar-refractivity contribution in [3.63, 3.8) is 0 Å². The molecule has 0 aromatic heterocycles. The summed E-state index contributed by atoms with van der Waals surface area (Å²) in [6, 6.07) is 12.8. The smallest absolute Gasteiger partial charge is 0.307 e. The summed E-state index contributed by atoms with van der Waals surface area (Å²) in [4.78, 5) is 14.7. The van der Waals surface area contributed by atoms with E-state index in [0.717, 1.165) is 49.1 Å². The zero-order valence-electron chi connectivity index (χ0n) is 19.1. The number of piperidine rings is 1. The number of nitrogens with zero attached hydrogens (tertiary/aromatic N) is 1. The number of carboxylic acids is 1. The molecule has 1 atom stereocenters. The minimum Gasteiger partial charge on any atom is -0.492 e. The van der Waals surface area contributed by atoms with Crippen molar-refractivity contribution < 1.29 is 14.6 Å². The van der Waals surface area contributed by atoms with E-state index in [1.165, 1.54) is 21.6 Å². The molecule has 32 heavy (non-hydrogen) atoms. The van der Waals surface area contributed by atoms with Gasteiger partial charge < -0.3 is 14.7 Å². The molecule has 0 aliphatic carbocycles. The van der Waals surface area contributed by atoms with Gasteiger partial charge >= 0.3 is 5.97 Å². The molecule has 0 radical (unpaired) electrons. The van der Waals surface area contributed by atoms with Gasteiger partial charge in [-0.3, -0.25) is 4.79 Å². The summed E-state index contributed by atoms with van der Waals surface area (Å²) < 4.78 is 6.17. The second-order valence-electron chi connectivity index (χ2n) is 9.52. The maximum atomic E-state index is 11.2. The zero-order chi connectivity index (χ0) is 22.9. The fraction of sp³-hybridized carbons (Fsp3) is 0.500. The Kier molecular flexibility index (Phi) is 7.09. The molecule has 1 fully saturated rings. The lowest BCUT2D eigenvalue weighted by Crippen LogP contribution is -2.45. The fourth-order valence-electron chi connectivity index (χ4n) is 4.91. The molecule has 0 amide bonds. The normalized spacial score (nSPS) is 18.5. The molecule has 2 heterocycles. The van der Waals surface area contributed by atoms with Gasteiger partial charge in [-0.25, -0.2) is 0 Å². The number of ether oxygens (including phenoxy) is 1. The summed E-state index contributed by atoms with van der Waals surface area (Å²) >= 11 is 8.32. The molecule has 4 nitrogen and oxygen atoms in total. The van der Waals surface area contributed by atoms with Crippen LogP contribution in [0.2, 0.25) is 5.02 Å². The molecule has 0 saturated carbocycles. The first kappa shape index (κ1) is 23.5. The minimum atomic E-state index is -0.720. The Morgan fingerprint density at radius 3 is 2.66 bits per heavy atom. The van der Waals surface area contributed by atoms with Gasteiger partial charge in [0.1, 0.15) is 5.75 Å². The van der Waals surface area contributed by atoms with Crippen LogP contribution >= 0.6 is 23.4 Å². The summed E-state index contributed by atoms with van der Waals surface area (Å²) in [5, 5.41) is 10.0. The van der Waals surface area contributed by atoms with Crippen LogP contribution in [0.3, 0.4) is 0 Å². The maximum absolute atomic E-state index is 11.2. The molecule has 2 aliphatic rings. The van der Waals surface area contributed by atoms with Crippen LogP contribution in [-0.2, 0) is 16.0 Å². The number of hydrogen-bond donors (Lipinski definition) is 1. The van der Waals surface area contributed by atoms with Gasteiger partial charge in [0.05, 0.1) is 12.5 Å². The van der Waals surface area contributed by atoms with Gasteiger partial charge in [0.2, 0.25) is 0 Å². The summed E-state index contributed by atoms with van der Waals surface area (Å²) in [5.74, 6) is 1.24. The minimum absolute atomic E-state index is 0.0645. The van der Waals surface area contributed by atoms with Crippen molar-refractivity contribution >= 4 is 29.3 Å². The van der Waals surface area contributed by atoms with Crippen molar-refractivity contribution in [3.8, 4) is 5.75 Å². The number of rotatable bonds is 7. The third kappa shape index (κ3) is 4.80. The van der Waals surface area contributed by atoms with Crippen LogP contribution in [0.1, 0.15) is 56.2 Å². The molecule has 1 spiro atoms. The summed E-state index contributed by atoms with van der Waals surface area (Å²) in [6.45, 7) is 9.37.